The van der Waals surface area contributed by atoms with Gasteiger partial charge in [-0.1, -0.05) is 0 Å². The number of pyridine rings is 2. The van der Waals surface area contributed by atoms with E-state index < -0.39 is 23.2 Å². The molecular weight excluding hydrogens is 376 g/mol. The third-order valence-corrected chi connectivity index (χ3v) is 4.24. The first kappa shape index (κ1) is 19.5. The Hall–Kier alpha value is -4.21. The highest BCUT2D eigenvalue weighted by molar-refractivity contribution is 6.20. The van der Waals surface area contributed by atoms with E-state index in [-0.39, 0.29) is 23.6 Å². The second kappa shape index (κ2) is 7.80. The van der Waals surface area contributed by atoms with Gasteiger partial charge in [-0.15, -0.1) is 0 Å². The number of nitrogens with zero attached hydrogens (tertiary/aromatic N) is 3. The van der Waals surface area contributed by atoms with Crippen molar-refractivity contribution in [2.45, 2.75) is 6.54 Å². The Kier molecular flexibility index (Phi) is 5.26. The highest BCUT2D eigenvalue weighted by Gasteiger charge is 2.37. The van der Waals surface area contributed by atoms with E-state index in [9.17, 15) is 19.2 Å². The largest absolute Gasteiger partial charge is 0.398 e. The van der Waals surface area contributed by atoms with Crippen LogP contribution in [-0.4, -0.2) is 39.2 Å². The molecule has 0 saturated heterocycles. The predicted molar refractivity (Wildman–Crippen MR) is 104 cm³/mol. The summed E-state index contributed by atoms with van der Waals surface area (Å²) >= 11 is 0. The number of allylic oxidation sites excluding steroid dienone is 2. The number of fused-ring (bicyclic) bond motifs is 1. The molecule has 0 atom stereocenters. The Morgan fingerprint density at radius 3 is 2.62 bits per heavy atom. The summed E-state index contributed by atoms with van der Waals surface area (Å²) in [4.78, 5) is 53.3. The number of hydrogen-bond donors (Lipinski definition) is 3. The standard InChI is InChI=1S/C19H18N6O4/c1-24-18(28)16-13(26)6-8-25(17(16)19(24)29)10-15(27)23-14(21)5-4-12(20)11-3-2-7-22-9-11/h2-9H,10,20-21H2,1H3,(H,23,27)/b12-4-,14-5+. The Labute approximate surface area is 165 Å². The summed E-state index contributed by atoms with van der Waals surface area (Å²) in [5.41, 5.74) is 11.9. The van der Waals surface area contributed by atoms with Gasteiger partial charge in [0.2, 0.25) is 5.91 Å². The molecule has 0 radical (unpaired) electrons. The first-order valence-corrected chi connectivity index (χ1v) is 8.48. The van der Waals surface area contributed by atoms with Gasteiger partial charge in [0.05, 0.1) is 0 Å². The molecule has 2 aromatic heterocycles. The van der Waals surface area contributed by atoms with E-state index >= 15 is 0 Å². The molecule has 0 bridgehead atoms. The van der Waals surface area contributed by atoms with Crippen LogP contribution in [0.15, 0.2) is 59.6 Å². The number of nitrogens with one attached hydrogen (secondary N) is 1. The van der Waals surface area contributed by atoms with Crippen LogP contribution in [0.3, 0.4) is 0 Å². The smallest absolute Gasteiger partial charge is 0.278 e. The molecular formula is C19H18N6O4. The molecule has 1 aliphatic rings. The van der Waals surface area contributed by atoms with Crippen LogP contribution in [0.1, 0.15) is 26.4 Å². The van der Waals surface area contributed by atoms with Gasteiger partial charge in [-0.3, -0.25) is 29.1 Å². The van der Waals surface area contributed by atoms with Crippen molar-refractivity contribution in [3.63, 3.8) is 0 Å². The highest BCUT2D eigenvalue weighted by Crippen LogP contribution is 2.18. The normalized spacial score (nSPS) is 14.2. The molecule has 148 valence electrons. The molecule has 29 heavy (non-hydrogen) atoms. The summed E-state index contributed by atoms with van der Waals surface area (Å²) in [6, 6.07) is 4.64. The van der Waals surface area contributed by atoms with Gasteiger partial charge in [0.25, 0.3) is 11.8 Å². The van der Waals surface area contributed by atoms with Crippen LogP contribution >= 0.6 is 0 Å². The number of carbonyl (C=O) groups excluding carboxylic acids is 3. The molecule has 0 aromatic carbocycles. The number of imide groups is 1. The summed E-state index contributed by atoms with van der Waals surface area (Å²) in [6.45, 7) is -0.314. The van der Waals surface area contributed by atoms with Crippen LogP contribution in [-0.2, 0) is 11.3 Å². The summed E-state index contributed by atoms with van der Waals surface area (Å²) in [5, 5.41) is 2.45. The van der Waals surface area contributed by atoms with Crippen molar-refractivity contribution in [3.05, 3.63) is 81.8 Å². The number of aromatic nitrogens is 2. The molecule has 0 spiro atoms. The van der Waals surface area contributed by atoms with E-state index in [1.165, 1.54) is 30.0 Å². The Balaban J connectivity index is 1.75. The molecule has 0 aliphatic carbocycles. The Bertz CT molecular complexity index is 1120. The lowest BCUT2D eigenvalue weighted by atomic mass is 10.2. The molecule has 0 saturated carbocycles. The van der Waals surface area contributed by atoms with Gasteiger partial charge >= 0.3 is 0 Å². The van der Waals surface area contributed by atoms with Gasteiger partial charge in [0, 0.05) is 43.0 Å². The highest BCUT2D eigenvalue weighted by atomic mass is 16.2. The van der Waals surface area contributed by atoms with Gasteiger partial charge in [0.1, 0.15) is 23.6 Å². The van der Waals surface area contributed by atoms with Gasteiger partial charge in [-0.05, 0) is 24.3 Å². The minimum Gasteiger partial charge on any atom is -0.398 e. The number of hydrogen-bond acceptors (Lipinski definition) is 7. The van der Waals surface area contributed by atoms with Crippen LogP contribution in [0.25, 0.3) is 5.70 Å². The zero-order chi connectivity index (χ0) is 21.1. The zero-order valence-electron chi connectivity index (χ0n) is 15.5. The summed E-state index contributed by atoms with van der Waals surface area (Å²) in [7, 11) is 1.27. The zero-order valence-corrected chi connectivity index (χ0v) is 15.5. The number of rotatable bonds is 5. The third-order valence-electron chi connectivity index (χ3n) is 4.24. The van der Waals surface area contributed by atoms with Crippen molar-refractivity contribution >= 4 is 23.4 Å². The summed E-state index contributed by atoms with van der Waals surface area (Å²) in [5.74, 6) is -1.86. The van der Waals surface area contributed by atoms with Gasteiger partial charge < -0.3 is 21.4 Å². The fourth-order valence-corrected chi connectivity index (χ4v) is 2.77. The number of carbonyl (C=O) groups is 3. The second-order valence-electron chi connectivity index (χ2n) is 6.23. The fourth-order valence-electron chi connectivity index (χ4n) is 2.77. The van der Waals surface area contributed by atoms with Crippen LogP contribution in [0.2, 0.25) is 0 Å². The first-order valence-electron chi connectivity index (χ1n) is 8.48. The minimum atomic E-state index is -0.694. The SMILES string of the molecule is CN1C(=O)c2c(n(CC(=O)N/C(N)=C/C=C(\N)c3cccnc3)ccc2=O)C1=O. The summed E-state index contributed by atoms with van der Waals surface area (Å²) in [6.07, 6.45) is 7.41. The maximum Gasteiger partial charge on any atom is 0.278 e. The van der Waals surface area contributed by atoms with Crippen molar-refractivity contribution in [1.82, 2.24) is 19.8 Å². The molecule has 3 rings (SSSR count). The van der Waals surface area contributed by atoms with Crippen molar-refractivity contribution in [2.24, 2.45) is 11.5 Å². The van der Waals surface area contributed by atoms with Gasteiger partial charge in [-0.2, -0.15) is 0 Å². The number of nitrogens with two attached hydrogens (primary N) is 2. The van der Waals surface area contributed by atoms with Crippen molar-refractivity contribution < 1.29 is 14.4 Å². The van der Waals surface area contributed by atoms with Crippen molar-refractivity contribution in [1.29, 1.82) is 0 Å². The average molecular weight is 394 g/mol. The van der Waals surface area contributed by atoms with E-state index in [2.05, 4.69) is 10.3 Å². The molecule has 10 heteroatoms. The quantitative estimate of drug-likeness (QED) is 0.451. The second-order valence-corrected chi connectivity index (χ2v) is 6.23. The van der Waals surface area contributed by atoms with Crippen LogP contribution in [0.5, 0.6) is 0 Å². The lowest BCUT2D eigenvalue weighted by Gasteiger charge is -2.11. The number of amides is 3. The Morgan fingerprint density at radius 1 is 1.17 bits per heavy atom. The molecule has 3 heterocycles. The first-order chi connectivity index (χ1) is 13.8. The average Bonchev–Trinajstić information content (AvgIpc) is 2.94. The van der Waals surface area contributed by atoms with E-state index in [0.29, 0.717) is 11.3 Å². The van der Waals surface area contributed by atoms with Gasteiger partial charge in [-0.25, -0.2) is 0 Å². The topological polar surface area (TPSA) is 153 Å². The third kappa shape index (κ3) is 3.90. The van der Waals surface area contributed by atoms with Crippen LogP contribution < -0.4 is 22.2 Å². The van der Waals surface area contributed by atoms with Crippen molar-refractivity contribution in [3.8, 4) is 0 Å². The molecule has 3 amide bonds. The van der Waals surface area contributed by atoms with Crippen LogP contribution in [0.4, 0.5) is 0 Å². The lowest BCUT2D eigenvalue weighted by Crippen LogP contribution is -2.32. The van der Waals surface area contributed by atoms with E-state index in [1.54, 1.807) is 24.5 Å². The van der Waals surface area contributed by atoms with Gasteiger partial charge in [0.15, 0.2) is 5.43 Å². The molecule has 10 nitrogen and oxygen atoms in total. The maximum absolute atomic E-state index is 12.3. The van der Waals surface area contributed by atoms with Crippen molar-refractivity contribution in [2.75, 3.05) is 7.05 Å². The van der Waals surface area contributed by atoms with E-state index in [1.807, 2.05) is 0 Å². The van der Waals surface area contributed by atoms with E-state index in [4.69, 9.17) is 11.5 Å². The van der Waals surface area contributed by atoms with Crippen LogP contribution in [0, 0.1) is 0 Å². The molecule has 0 fully saturated rings. The maximum atomic E-state index is 12.3. The van der Waals surface area contributed by atoms with E-state index in [0.717, 1.165) is 11.0 Å². The lowest BCUT2D eigenvalue weighted by molar-refractivity contribution is -0.121. The molecule has 5 N–H and O–H groups in total. The molecule has 0 unspecified atom stereocenters. The predicted octanol–water partition coefficient (Wildman–Crippen LogP) is -0.615. The molecule has 2 aromatic rings. The minimum absolute atomic E-state index is 0.0269. The monoisotopic (exact) mass is 394 g/mol. The summed E-state index contributed by atoms with van der Waals surface area (Å²) < 4.78 is 1.24. The molecule has 1 aliphatic heterocycles. The Morgan fingerprint density at radius 2 is 1.93 bits per heavy atom. The fraction of sp³-hybridized carbons (Fsp3) is 0.105.